The summed E-state index contributed by atoms with van der Waals surface area (Å²) in [7, 11) is 0. The molecule has 0 aliphatic heterocycles. The van der Waals surface area contributed by atoms with Crippen molar-refractivity contribution in [2.75, 3.05) is 5.32 Å². The third-order valence-electron chi connectivity index (χ3n) is 1.69. The molecule has 0 bridgehead atoms. The van der Waals surface area contributed by atoms with Crippen LogP contribution in [-0.4, -0.2) is 12.3 Å². The van der Waals surface area contributed by atoms with E-state index in [4.69, 9.17) is 11.6 Å². The number of carbonyl (C=O) groups excluding carboxylic acids is 1. The first kappa shape index (κ1) is 10.1. The van der Waals surface area contributed by atoms with Gasteiger partial charge >= 0.3 is 0 Å². The second-order valence-electron chi connectivity index (χ2n) is 2.96. The molecule has 1 rings (SSSR count). The van der Waals surface area contributed by atoms with Crippen LogP contribution < -0.4 is 5.32 Å². The highest BCUT2D eigenvalue weighted by molar-refractivity contribution is 6.30. The number of halogens is 1. The summed E-state index contributed by atoms with van der Waals surface area (Å²) in [5.74, 6) is 0. The summed E-state index contributed by atoms with van der Waals surface area (Å²) >= 11 is 5.80. The zero-order valence-corrected chi connectivity index (χ0v) is 8.21. The van der Waals surface area contributed by atoms with Crippen LogP contribution in [0.4, 0.5) is 5.69 Å². The van der Waals surface area contributed by atoms with E-state index in [2.05, 4.69) is 5.32 Å². The molecule has 0 fully saturated rings. The van der Waals surface area contributed by atoms with Gasteiger partial charge in [-0.3, -0.25) is 0 Å². The van der Waals surface area contributed by atoms with Gasteiger partial charge in [0.05, 0.1) is 0 Å². The van der Waals surface area contributed by atoms with Gasteiger partial charge in [-0.25, -0.2) is 0 Å². The summed E-state index contributed by atoms with van der Waals surface area (Å²) in [6.07, 6.45) is 1.41. The highest BCUT2D eigenvalue weighted by Crippen LogP contribution is 2.15. The maximum Gasteiger partial charge on any atom is 0.122 e. The van der Waals surface area contributed by atoms with Gasteiger partial charge in [0.25, 0.3) is 0 Å². The molecular weight excluding hydrogens is 186 g/mol. The predicted molar refractivity (Wildman–Crippen MR) is 55.2 cm³/mol. The average molecular weight is 198 g/mol. The SMILES string of the molecule is CC(CC=O)Nc1cccc(Cl)c1. The van der Waals surface area contributed by atoms with Crippen LogP contribution in [-0.2, 0) is 4.79 Å². The summed E-state index contributed by atoms with van der Waals surface area (Å²) in [5, 5.41) is 3.87. The number of aldehydes is 1. The van der Waals surface area contributed by atoms with Gasteiger partial charge in [0.1, 0.15) is 6.29 Å². The van der Waals surface area contributed by atoms with E-state index in [1.807, 2.05) is 31.2 Å². The van der Waals surface area contributed by atoms with Crippen molar-refractivity contribution >= 4 is 23.6 Å². The molecule has 0 heterocycles. The van der Waals surface area contributed by atoms with E-state index < -0.39 is 0 Å². The van der Waals surface area contributed by atoms with Gasteiger partial charge < -0.3 is 10.1 Å². The molecular formula is C10H12ClNO. The van der Waals surface area contributed by atoms with Gasteiger partial charge in [0, 0.05) is 23.2 Å². The lowest BCUT2D eigenvalue weighted by Crippen LogP contribution is -2.15. The van der Waals surface area contributed by atoms with Crippen LogP contribution >= 0.6 is 11.6 Å². The van der Waals surface area contributed by atoms with Crippen LogP contribution in [0, 0.1) is 0 Å². The number of carbonyl (C=O) groups is 1. The highest BCUT2D eigenvalue weighted by atomic mass is 35.5. The van der Waals surface area contributed by atoms with E-state index in [-0.39, 0.29) is 6.04 Å². The van der Waals surface area contributed by atoms with Gasteiger partial charge in [-0.05, 0) is 25.1 Å². The lowest BCUT2D eigenvalue weighted by atomic mass is 10.2. The van der Waals surface area contributed by atoms with Crippen LogP contribution in [0.2, 0.25) is 5.02 Å². The maximum atomic E-state index is 10.2. The van der Waals surface area contributed by atoms with Crippen molar-refractivity contribution < 1.29 is 4.79 Å². The molecule has 0 aromatic heterocycles. The smallest absolute Gasteiger partial charge is 0.122 e. The van der Waals surface area contributed by atoms with Crippen molar-refractivity contribution in [2.45, 2.75) is 19.4 Å². The minimum Gasteiger partial charge on any atom is -0.382 e. The van der Waals surface area contributed by atoms with Crippen LogP contribution in [0.15, 0.2) is 24.3 Å². The molecule has 1 aromatic carbocycles. The maximum absolute atomic E-state index is 10.2. The number of hydrogen-bond donors (Lipinski definition) is 1. The molecule has 1 atom stereocenters. The molecule has 3 heteroatoms. The molecule has 1 unspecified atom stereocenters. The molecule has 0 radical (unpaired) electrons. The molecule has 1 aromatic rings. The van der Waals surface area contributed by atoms with E-state index >= 15 is 0 Å². The third kappa shape index (κ3) is 3.47. The Morgan fingerprint density at radius 1 is 1.62 bits per heavy atom. The minimum atomic E-state index is 0.149. The quantitative estimate of drug-likeness (QED) is 0.753. The summed E-state index contributed by atoms with van der Waals surface area (Å²) in [5.41, 5.74) is 0.946. The topological polar surface area (TPSA) is 29.1 Å². The number of nitrogens with one attached hydrogen (secondary N) is 1. The lowest BCUT2D eigenvalue weighted by molar-refractivity contribution is -0.107. The molecule has 1 N–H and O–H groups in total. The van der Waals surface area contributed by atoms with E-state index in [0.29, 0.717) is 11.4 Å². The first-order valence-corrected chi connectivity index (χ1v) is 4.56. The third-order valence-corrected chi connectivity index (χ3v) is 1.92. The normalized spacial score (nSPS) is 12.2. The van der Waals surface area contributed by atoms with Crippen molar-refractivity contribution in [2.24, 2.45) is 0 Å². The van der Waals surface area contributed by atoms with E-state index in [1.165, 1.54) is 0 Å². The molecule has 0 amide bonds. The molecule has 0 saturated carbocycles. The fourth-order valence-corrected chi connectivity index (χ4v) is 1.26. The highest BCUT2D eigenvalue weighted by Gasteiger charge is 2.00. The average Bonchev–Trinajstić information content (AvgIpc) is 2.04. The molecule has 0 saturated heterocycles. The largest absolute Gasteiger partial charge is 0.382 e. The van der Waals surface area contributed by atoms with Crippen LogP contribution in [0.1, 0.15) is 13.3 Å². The van der Waals surface area contributed by atoms with Gasteiger partial charge in [-0.2, -0.15) is 0 Å². The summed E-state index contributed by atoms with van der Waals surface area (Å²) in [6.45, 7) is 1.95. The van der Waals surface area contributed by atoms with Crippen molar-refractivity contribution in [1.29, 1.82) is 0 Å². The monoisotopic (exact) mass is 197 g/mol. The Hall–Kier alpha value is -1.02. The van der Waals surface area contributed by atoms with Gasteiger partial charge in [-0.1, -0.05) is 17.7 Å². The summed E-state index contributed by atoms with van der Waals surface area (Å²) < 4.78 is 0. The lowest BCUT2D eigenvalue weighted by Gasteiger charge is -2.11. The number of hydrogen-bond acceptors (Lipinski definition) is 2. The molecule has 0 aliphatic carbocycles. The number of benzene rings is 1. The Morgan fingerprint density at radius 2 is 2.38 bits per heavy atom. The molecule has 70 valence electrons. The van der Waals surface area contributed by atoms with Gasteiger partial charge in [0.15, 0.2) is 0 Å². The molecule has 2 nitrogen and oxygen atoms in total. The fourth-order valence-electron chi connectivity index (χ4n) is 1.07. The van der Waals surface area contributed by atoms with Crippen molar-refractivity contribution in [3.63, 3.8) is 0 Å². The zero-order chi connectivity index (χ0) is 9.68. The Morgan fingerprint density at radius 3 is 3.00 bits per heavy atom. The zero-order valence-electron chi connectivity index (χ0n) is 7.46. The number of anilines is 1. The standard InChI is InChI=1S/C10H12ClNO/c1-8(5-6-13)12-10-4-2-3-9(11)7-10/h2-4,6-8,12H,5H2,1H3. The first-order chi connectivity index (χ1) is 6.22. The summed E-state index contributed by atoms with van der Waals surface area (Å²) in [6, 6.07) is 7.60. The predicted octanol–water partition coefficient (Wildman–Crippen LogP) is 2.73. The van der Waals surface area contributed by atoms with E-state index in [1.54, 1.807) is 0 Å². The fraction of sp³-hybridized carbons (Fsp3) is 0.300. The second kappa shape index (κ2) is 4.87. The Bertz CT molecular complexity index is 288. The van der Waals surface area contributed by atoms with Crippen LogP contribution in [0.5, 0.6) is 0 Å². The second-order valence-corrected chi connectivity index (χ2v) is 3.39. The van der Waals surface area contributed by atoms with Crippen molar-refractivity contribution in [3.05, 3.63) is 29.3 Å². The minimum absolute atomic E-state index is 0.149. The van der Waals surface area contributed by atoms with E-state index in [9.17, 15) is 4.79 Å². The van der Waals surface area contributed by atoms with Crippen LogP contribution in [0.3, 0.4) is 0 Å². The number of rotatable bonds is 4. The van der Waals surface area contributed by atoms with Gasteiger partial charge in [0.2, 0.25) is 0 Å². The molecule has 0 spiro atoms. The first-order valence-electron chi connectivity index (χ1n) is 4.18. The summed E-state index contributed by atoms with van der Waals surface area (Å²) in [4.78, 5) is 10.2. The Balaban J connectivity index is 2.58. The van der Waals surface area contributed by atoms with Crippen LogP contribution in [0.25, 0.3) is 0 Å². The Kier molecular flexibility index (Phi) is 3.77. The van der Waals surface area contributed by atoms with Crippen molar-refractivity contribution in [3.8, 4) is 0 Å². The Labute approximate surface area is 82.9 Å². The van der Waals surface area contributed by atoms with Crippen molar-refractivity contribution in [1.82, 2.24) is 0 Å². The van der Waals surface area contributed by atoms with E-state index in [0.717, 1.165) is 12.0 Å². The molecule has 13 heavy (non-hydrogen) atoms. The van der Waals surface area contributed by atoms with Gasteiger partial charge in [-0.15, -0.1) is 0 Å². The molecule has 0 aliphatic rings.